The molecule has 0 spiro atoms. The molecule has 1 aromatic rings. The van der Waals surface area contributed by atoms with E-state index < -0.39 is 0 Å². The maximum absolute atomic E-state index is 6.03. The summed E-state index contributed by atoms with van der Waals surface area (Å²) in [5.41, 5.74) is 1.06. The van der Waals surface area contributed by atoms with Gasteiger partial charge in [0.05, 0.1) is 12.7 Å². The molecule has 112 valence electrons. The summed E-state index contributed by atoms with van der Waals surface area (Å²) in [4.78, 5) is 0. The van der Waals surface area contributed by atoms with Crippen molar-refractivity contribution in [3.8, 4) is 5.75 Å². The molecule has 0 radical (unpaired) electrons. The van der Waals surface area contributed by atoms with Crippen molar-refractivity contribution in [2.75, 3.05) is 27.4 Å². The van der Waals surface area contributed by atoms with Gasteiger partial charge in [-0.3, -0.25) is 0 Å². The maximum atomic E-state index is 6.03. The van der Waals surface area contributed by atoms with E-state index in [-0.39, 0.29) is 17.7 Å². The van der Waals surface area contributed by atoms with E-state index in [1.165, 1.54) is 5.56 Å². The van der Waals surface area contributed by atoms with Crippen molar-refractivity contribution in [1.82, 2.24) is 5.32 Å². The van der Waals surface area contributed by atoms with Crippen LogP contribution in [0.2, 0.25) is 0 Å². The molecule has 2 unspecified atom stereocenters. The van der Waals surface area contributed by atoms with Gasteiger partial charge < -0.3 is 19.5 Å². The Morgan fingerprint density at radius 1 is 1.35 bits per heavy atom. The summed E-state index contributed by atoms with van der Waals surface area (Å²) in [5, 5.41) is 3.58. The van der Waals surface area contributed by atoms with E-state index >= 15 is 0 Å². The summed E-state index contributed by atoms with van der Waals surface area (Å²) in [6.07, 6.45) is 1.01. The van der Waals surface area contributed by atoms with Crippen LogP contribution in [0.15, 0.2) is 24.3 Å². The highest BCUT2D eigenvalue weighted by atomic mass is 16.5. The molecular formula is C16H25NO3. The molecule has 1 aliphatic heterocycles. The van der Waals surface area contributed by atoms with Crippen molar-refractivity contribution in [3.63, 3.8) is 0 Å². The molecule has 0 saturated carbocycles. The topological polar surface area (TPSA) is 39.7 Å². The highest BCUT2D eigenvalue weighted by molar-refractivity contribution is 5.38. The molecule has 0 bridgehead atoms. The zero-order valence-corrected chi connectivity index (χ0v) is 12.8. The van der Waals surface area contributed by atoms with Gasteiger partial charge in [-0.15, -0.1) is 0 Å². The predicted molar refractivity (Wildman–Crippen MR) is 79.2 cm³/mol. The van der Waals surface area contributed by atoms with Crippen molar-refractivity contribution >= 4 is 0 Å². The van der Waals surface area contributed by atoms with Gasteiger partial charge in [0.25, 0.3) is 0 Å². The molecular weight excluding hydrogens is 254 g/mol. The van der Waals surface area contributed by atoms with Crippen LogP contribution in [-0.4, -0.2) is 39.1 Å². The molecule has 20 heavy (non-hydrogen) atoms. The molecule has 1 aliphatic rings. The van der Waals surface area contributed by atoms with Gasteiger partial charge in [-0.2, -0.15) is 0 Å². The van der Waals surface area contributed by atoms with E-state index in [4.69, 9.17) is 14.2 Å². The monoisotopic (exact) mass is 279 g/mol. The number of nitrogens with one attached hydrogen (secondary N) is 1. The van der Waals surface area contributed by atoms with Crippen LogP contribution in [0.5, 0.6) is 5.75 Å². The van der Waals surface area contributed by atoms with Gasteiger partial charge in [0.15, 0.2) is 0 Å². The van der Waals surface area contributed by atoms with Crippen LogP contribution >= 0.6 is 0 Å². The minimum atomic E-state index is -0.157. The Kier molecular flexibility index (Phi) is 5.02. The molecule has 1 N–H and O–H groups in total. The average Bonchev–Trinajstić information content (AvgIpc) is 2.42. The molecule has 0 aliphatic carbocycles. The number of benzene rings is 1. The fourth-order valence-electron chi connectivity index (χ4n) is 2.65. The molecule has 2 atom stereocenters. The van der Waals surface area contributed by atoms with Crippen molar-refractivity contribution in [1.29, 1.82) is 0 Å². The minimum Gasteiger partial charge on any atom is -0.487 e. The fraction of sp³-hybridized carbons (Fsp3) is 0.625. The van der Waals surface area contributed by atoms with E-state index in [0.717, 1.165) is 18.7 Å². The fourth-order valence-corrected chi connectivity index (χ4v) is 2.65. The summed E-state index contributed by atoms with van der Waals surface area (Å²) < 4.78 is 16.6. The summed E-state index contributed by atoms with van der Waals surface area (Å²) in [7, 11) is 3.41. The molecule has 2 rings (SSSR count). The third kappa shape index (κ3) is 3.72. The zero-order valence-electron chi connectivity index (χ0n) is 12.8. The number of ether oxygens (including phenoxy) is 3. The van der Waals surface area contributed by atoms with Crippen molar-refractivity contribution in [2.45, 2.75) is 38.0 Å². The van der Waals surface area contributed by atoms with Gasteiger partial charge in [-0.25, -0.2) is 0 Å². The maximum Gasteiger partial charge on any atom is 0.124 e. The number of fused-ring (bicyclic) bond motifs is 1. The molecule has 4 nitrogen and oxygen atoms in total. The Bertz CT molecular complexity index is 433. The third-order valence-electron chi connectivity index (χ3n) is 3.65. The van der Waals surface area contributed by atoms with Gasteiger partial charge in [0, 0.05) is 38.8 Å². The van der Waals surface area contributed by atoms with Crippen LogP contribution in [0, 0.1) is 0 Å². The third-order valence-corrected chi connectivity index (χ3v) is 3.65. The van der Waals surface area contributed by atoms with E-state index in [0.29, 0.717) is 6.61 Å². The number of hydrogen-bond acceptors (Lipinski definition) is 4. The second-order valence-corrected chi connectivity index (χ2v) is 5.88. The van der Waals surface area contributed by atoms with Crippen LogP contribution in [0.3, 0.4) is 0 Å². The molecule has 0 saturated heterocycles. The highest BCUT2D eigenvalue weighted by Crippen LogP contribution is 2.39. The molecule has 0 fully saturated rings. The lowest BCUT2D eigenvalue weighted by molar-refractivity contribution is 0.0211. The summed E-state index contributed by atoms with van der Waals surface area (Å²) >= 11 is 0. The Labute approximate surface area is 121 Å². The summed E-state index contributed by atoms with van der Waals surface area (Å²) in [5.74, 6) is 0.974. The number of para-hydroxylation sites is 1. The number of hydrogen-bond donors (Lipinski definition) is 1. The van der Waals surface area contributed by atoms with Gasteiger partial charge in [0.1, 0.15) is 11.4 Å². The summed E-state index contributed by atoms with van der Waals surface area (Å²) in [6, 6.07) is 8.51. The first-order valence-electron chi connectivity index (χ1n) is 7.09. The largest absolute Gasteiger partial charge is 0.487 e. The average molecular weight is 279 g/mol. The van der Waals surface area contributed by atoms with Crippen molar-refractivity contribution in [3.05, 3.63) is 29.8 Å². The lowest BCUT2D eigenvalue weighted by Gasteiger charge is -2.38. The van der Waals surface area contributed by atoms with Crippen molar-refractivity contribution < 1.29 is 14.2 Å². The number of methoxy groups -OCH3 is 2. The molecule has 0 aromatic heterocycles. The summed E-state index contributed by atoms with van der Waals surface area (Å²) in [6.45, 7) is 5.61. The first-order valence-corrected chi connectivity index (χ1v) is 7.09. The van der Waals surface area contributed by atoms with Crippen LogP contribution in [0.1, 0.15) is 31.9 Å². The van der Waals surface area contributed by atoms with Crippen molar-refractivity contribution in [2.24, 2.45) is 0 Å². The second kappa shape index (κ2) is 6.57. The van der Waals surface area contributed by atoms with E-state index in [2.05, 4.69) is 31.3 Å². The molecule has 4 heteroatoms. The SMILES string of the molecule is COCC(CNC1CC(C)(C)Oc2ccccc21)OC. The van der Waals surface area contributed by atoms with Gasteiger partial charge >= 0.3 is 0 Å². The van der Waals surface area contributed by atoms with Crippen LogP contribution < -0.4 is 10.1 Å². The smallest absolute Gasteiger partial charge is 0.124 e. The second-order valence-electron chi connectivity index (χ2n) is 5.88. The highest BCUT2D eigenvalue weighted by Gasteiger charge is 2.33. The predicted octanol–water partition coefficient (Wildman–Crippen LogP) is 2.54. The molecule has 0 amide bonds. The van der Waals surface area contributed by atoms with E-state index in [9.17, 15) is 0 Å². The lowest BCUT2D eigenvalue weighted by atomic mass is 9.89. The van der Waals surface area contributed by atoms with Gasteiger partial charge in [-0.05, 0) is 19.9 Å². The minimum absolute atomic E-state index is 0.0677. The van der Waals surface area contributed by atoms with Gasteiger partial charge in [0.2, 0.25) is 0 Å². The normalized spacial score (nSPS) is 21.9. The Balaban J connectivity index is 2.07. The lowest BCUT2D eigenvalue weighted by Crippen LogP contribution is -2.42. The Hall–Kier alpha value is -1.10. The zero-order chi connectivity index (χ0) is 14.6. The number of rotatable bonds is 6. The molecule has 1 aromatic carbocycles. The first-order chi connectivity index (χ1) is 9.55. The van der Waals surface area contributed by atoms with Gasteiger partial charge in [-0.1, -0.05) is 18.2 Å². The van der Waals surface area contributed by atoms with Crippen LogP contribution in [0.25, 0.3) is 0 Å². The standard InChI is InChI=1S/C16H25NO3/c1-16(2)9-14(17-10-12(19-4)11-18-3)13-7-5-6-8-15(13)20-16/h5-8,12,14,17H,9-11H2,1-4H3. The first kappa shape index (κ1) is 15.3. The van der Waals surface area contributed by atoms with Crippen LogP contribution in [0.4, 0.5) is 0 Å². The van der Waals surface area contributed by atoms with Crippen LogP contribution in [-0.2, 0) is 9.47 Å². The Morgan fingerprint density at radius 2 is 2.10 bits per heavy atom. The van der Waals surface area contributed by atoms with E-state index in [1.807, 2.05) is 12.1 Å². The molecule has 1 heterocycles. The quantitative estimate of drug-likeness (QED) is 0.868. The Morgan fingerprint density at radius 3 is 2.80 bits per heavy atom. The van der Waals surface area contributed by atoms with E-state index in [1.54, 1.807) is 14.2 Å².